The van der Waals surface area contributed by atoms with Crippen molar-refractivity contribution in [3.63, 3.8) is 0 Å². The Kier molecular flexibility index (Phi) is 7.35. The van der Waals surface area contributed by atoms with Crippen LogP contribution in [0.1, 0.15) is 29.3 Å². The maximum Gasteiger partial charge on any atom is 0.123 e. The van der Waals surface area contributed by atoms with E-state index in [9.17, 15) is 5.11 Å². The second kappa shape index (κ2) is 10.4. The Morgan fingerprint density at radius 3 is 1.91 bits per heavy atom. The molecule has 0 aromatic heterocycles. The smallest absolute Gasteiger partial charge is 0.123 e. The molecule has 0 aliphatic carbocycles. The predicted octanol–water partition coefficient (Wildman–Crippen LogP) is 5.58. The summed E-state index contributed by atoms with van der Waals surface area (Å²) in [5.41, 5.74) is 3.16. The Hall–Kier alpha value is -2.54. The maximum absolute atomic E-state index is 10.8. The van der Waals surface area contributed by atoms with E-state index in [4.69, 9.17) is 9.47 Å². The van der Waals surface area contributed by atoms with E-state index in [0.29, 0.717) is 5.75 Å². The fourth-order valence-corrected chi connectivity index (χ4v) is 4.89. The first-order valence-electron chi connectivity index (χ1n) is 10.8. The molecule has 0 radical (unpaired) electrons. The van der Waals surface area contributed by atoms with Gasteiger partial charge >= 0.3 is 0 Å². The molecule has 1 aliphatic heterocycles. The minimum Gasteiger partial charge on any atom is -0.508 e. The van der Waals surface area contributed by atoms with Gasteiger partial charge in [0, 0.05) is 47.3 Å². The molecule has 1 heterocycles. The maximum atomic E-state index is 10.8. The molecule has 0 unspecified atom stereocenters. The number of ether oxygens (including phenoxy) is 2. The third kappa shape index (κ3) is 4.93. The minimum atomic E-state index is -0.0870. The number of methoxy groups -OCH3 is 2. The van der Waals surface area contributed by atoms with E-state index >= 15 is 0 Å². The molecule has 0 amide bonds. The summed E-state index contributed by atoms with van der Waals surface area (Å²) in [5.74, 6) is 2.06. The Bertz CT molecular complexity index is 1000. The highest BCUT2D eigenvalue weighted by Crippen LogP contribution is 2.39. The van der Waals surface area contributed by atoms with Crippen LogP contribution in [0.15, 0.2) is 71.2 Å². The van der Waals surface area contributed by atoms with Gasteiger partial charge in [0.25, 0.3) is 0 Å². The number of para-hydroxylation sites is 2. The van der Waals surface area contributed by atoms with Crippen molar-refractivity contribution in [3.05, 3.63) is 87.9 Å². The molecule has 0 saturated carbocycles. The van der Waals surface area contributed by atoms with Gasteiger partial charge in [-0.05, 0) is 36.8 Å². The van der Waals surface area contributed by atoms with Crippen LogP contribution in [0.3, 0.4) is 0 Å². The van der Waals surface area contributed by atoms with Gasteiger partial charge in [0.1, 0.15) is 17.2 Å². The van der Waals surface area contributed by atoms with Gasteiger partial charge in [0.2, 0.25) is 0 Å². The summed E-state index contributed by atoms with van der Waals surface area (Å²) in [4.78, 5) is 4.83. The monoisotopic (exact) mass is 496 g/mol. The van der Waals surface area contributed by atoms with Crippen molar-refractivity contribution in [3.8, 4) is 17.2 Å². The summed E-state index contributed by atoms with van der Waals surface area (Å²) in [6, 6.07) is 21.9. The number of phenols is 1. The molecule has 1 aliphatic rings. The standard InChI is InChI=1S/C26H29BrN2O3/c1-31-24-10-5-3-8-19(24)17-28-14-7-15-29(18-20-9-4-6-11-25(20)32-2)26(28)22-16-21(27)12-13-23(22)30/h3-6,8-13,16,26,30H,7,14-15,17-18H2,1-2H3. The van der Waals surface area contributed by atoms with Gasteiger partial charge in [-0.25, -0.2) is 0 Å². The van der Waals surface area contributed by atoms with Gasteiger partial charge in [-0.2, -0.15) is 0 Å². The molecule has 1 fully saturated rings. The zero-order chi connectivity index (χ0) is 22.5. The van der Waals surface area contributed by atoms with Gasteiger partial charge < -0.3 is 14.6 Å². The van der Waals surface area contributed by atoms with Crippen molar-refractivity contribution in [2.24, 2.45) is 0 Å². The summed E-state index contributed by atoms with van der Waals surface area (Å²) < 4.78 is 12.2. The lowest BCUT2D eigenvalue weighted by Crippen LogP contribution is -2.47. The fraction of sp³-hybridized carbons (Fsp3) is 0.308. The van der Waals surface area contributed by atoms with Crippen molar-refractivity contribution < 1.29 is 14.6 Å². The van der Waals surface area contributed by atoms with Crippen molar-refractivity contribution in [2.75, 3.05) is 27.3 Å². The molecule has 1 N–H and O–H groups in total. The van der Waals surface area contributed by atoms with Gasteiger partial charge in [-0.1, -0.05) is 52.3 Å². The number of aromatic hydroxyl groups is 1. The highest BCUT2D eigenvalue weighted by Gasteiger charge is 2.33. The van der Waals surface area contributed by atoms with Crippen molar-refractivity contribution in [1.29, 1.82) is 0 Å². The predicted molar refractivity (Wildman–Crippen MR) is 130 cm³/mol. The third-order valence-electron chi connectivity index (χ3n) is 5.98. The van der Waals surface area contributed by atoms with Gasteiger partial charge in [-0.15, -0.1) is 0 Å². The third-order valence-corrected chi connectivity index (χ3v) is 6.48. The molecule has 0 spiro atoms. The first kappa shape index (κ1) is 22.6. The fourth-order valence-electron chi connectivity index (χ4n) is 4.51. The Morgan fingerprint density at radius 2 is 1.38 bits per heavy atom. The lowest BCUT2D eigenvalue weighted by molar-refractivity contribution is -0.0110. The quantitative estimate of drug-likeness (QED) is 0.462. The van der Waals surface area contributed by atoms with Crippen molar-refractivity contribution in [2.45, 2.75) is 25.7 Å². The van der Waals surface area contributed by atoms with Crippen LogP contribution in [0, 0.1) is 0 Å². The molecule has 1 saturated heterocycles. The van der Waals surface area contributed by atoms with Crippen LogP contribution in [0.5, 0.6) is 17.2 Å². The molecule has 0 atom stereocenters. The average Bonchev–Trinajstić information content (AvgIpc) is 2.82. The number of hydrogen-bond donors (Lipinski definition) is 1. The van der Waals surface area contributed by atoms with Crippen LogP contribution in [0.25, 0.3) is 0 Å². The van der Waals surface area contributed by atoms with Crippen molar-refractivity contribution in [1.82, 2.24) is 9.80 Å². The van der Waals surface area contributed by atoms with E-state index in [2.05, 4.69) is 37.9 Å². The van der Waals surface area contributed by atoms with Crippen LogP contribution in [0.4, 0.5) is 0 Å². The molecule has 168 valence electrons. The van der Waals surface area contributed by atoms with E-state index in [0.717, 1.165) is 65.3 Å². The first-order chi connectivity index (χ1) is 15.6. The van der Waals surface area contributed by atoms with E-state index in [1.165, 1.54) is 0 Å². The number of halogens is 1. The SMILES string of the molecule is COc1ccccc1CN1CCCN(Cc2ccccc2OC)C1c1cc(Br)ccc1O. The molecule has 4 rings (SSSR count). The summed E-state index contributed by atoms with van der Waals surface area (Å²) in [6.45, 7) is 3.31. The Morgan fingerprint density at radius 1 is 0.844 bits per heavy atom. The van der Waals surface area contributed by atoms with Gasteiger partial charge in [0.15, 0.2) is 0 Å². The van der Waals surface area contributed by atoms with Crippen LogP contribution >= 0.6 is 15.9 Å². The number of phenolic OH excluding ortho intramolecular Hbond substituents is 1. The first-order valence-corrected chi connectivity index (χ1v) is 11.6. The molecule has 5 nitrogen and oxygen atoms in total. The molecule has 6 heteroatoms. The second-order valence-electron chi connectivity index (χ2n) is 8.00. The Balaban J connectivity index is 1.72. The largest absolute Gasteiger partial charge is 0.508 e. The van der Waals surface area contributed by atoms with Gasteiger partial charge in [0.05, 0.1) is 20.4 Å². The van der Waals surface area contributed by atoms with E-state index in [1.807, 2.05) is 48.5 Å². The number of hydrogen-bond acceptors (Lipinski definition) is 5. The van der Waals surface area contributed by atoms with E-state index in [1.54, 1.807) is 20.3 Å². The molecule has 0 bridgehead atoms. The van der Waals surface area contributed by atoms with Crippen LogP contribution in [-0.2, 0) is 13.1 Å². The van der Waals surface area contributed by atoms with Crippen molar-refractivity contribution >= 4 is 15.9 Å². The van der Waals surface area contributed by atoms with Crippen LogP contribution < -0.4 is 9.47 Å². The van der Waals surface area contributed by atoms with Crippen LogP contribution in [-0.4, -0.2) is 42.2 Å². The number of nitrogens with zero attached hydrogens (tertiary/aromatic N) is 2. The highest BCUT2D eigenvalue weighted by molar-refractivity contribution is 9.10. The molecule has 3 aromatic carbocycles. The second-order valence-corrected chi connectivity index (χ2v) is 8.91. The lowest BCUT2D eigenvalue weighted by Gasteiger charge is -2.44. The summed E-state index contributed by atoms with van der Waals surface area (Å²) in [6.07, 6.45) is 0.950. The normalized spacial score (nSPS) is 15.6. The van der Waals surface area contributed by atoms with E-state index in [-0.39, 0.29) is 6.17 Å². The lowest BCUT2D eigenvalue weighted by atomic mass is 10.0. The number of rotatable bonds is 7. The average molecular weight is 497 g/mol. The zero-order valence-corrected chi connectivity index (χ0v) is 20.1. The molecular formula is C26H29BrN2O3. The molecule has 3 aromatic rings. The summed E-state index contributed by atoms with van der Waals surface area (Å²) in [7, 11) is 3.42. The molecule has 32 heavy (non-hydrogen) atoms. The topological polar surface area (TPSA) is 45.2 Å². The van der Waals surface area contributed by atoms with E-state index < -0.39 is 0 Å². The summed E-state index contributed by atoms with van der Waals surface area (Å²) in [5, 5.41) is 10.8. The molecular weight excluding hydrogens is 468 g/mol. The highest BCUT2D eigenvalue weighted by atomic mass is 79.9. The minimum absolute atomic E-state index is 0.0870. The number of benzene rings is 3. The van der Waals surface area contributed by atoms with Crippen LogP contribution in [0.2, 0.25) is 0 Å². The van der Waals surface area contributed by atoms with Gasteiger partial charge in [-0.3, -0.25) is 9.80 Å². The summed E-state index contributed by atoms with van der Waals surface area (Å²) >= 11 is 3.59. The zero-order valence-electron chi connectivity index (χ0n) is 18.5. The Labute approximate surface area is 198 Å².